The van der Waals surface area contributed by atoms with Crippen LogP contribution in [0.5, 0.6) is 0 Å². The van der Waals surface area contributed by atoms with Gasteiger partial charge in [0.2, 0.25) is 0 Å². The van der Waals surface area contributed by atoms with Gasteiger partial charge < -0.3 is 0 Å². The fourth-order valence-electron chi connectivity index (χ4n) is 2.60. The van der Waals surface area contributed by atoms with Crippen molar-refractivity contribution < 1.29 is 0 Å². The summed E-state index contributed by atoms with van der Waals surface area (Å²) in [6.45, 7) is 9.11. The molecule has 2 atom stereocenters. The van der Waals surface area contributed by atoms with Crippen molar-refractivity contribution in [3.63, 3.8) is 0 Å². The Kier molecular flexibility index (Phi) is 4.71. The van der Waals surface area contributed by atoms with Gasteiger partial charge in [0, 0.05) is 0 Å². The first-order valence-electron chi connectivity index (χ1n) is 6.28. The summed E-state index contributed by atoms with van der Waals surface area (Å²) in [4.78, 5) is 0. The van der Waals surface area contributed by atoms with Crippen LogP contribution in [0.25, 0.3) is 0 Å². The summed E-state index contributed by atoms with van der Waals surface area (Å²) >= 11 is 0. The summed E-state index contributed by atoms with van der Waals surface area (Å²) in [5.41, 5.74) is 1.48. The van der Waals surface area contributed by atoms with E-state index in [1.54, 1.807) is 0 Å². The van der Waals surface area contributed by atoms with Gasteiger partial charge in [-0.2, -0.15) is 0 Å². The second-order valence-corrected chi connectivity index (χ2v) is 5.34. The van der Waals surface area contributed by atoms with E-state index in [0.29, 0.717) is 0 Å². The Morgan fingerprint density at radius 3 is 2.43 bits per heavy atom. The van der Waals surface area contributed by atoms with Crippen LogP contribution in [0.4, 0.5) is 0 Å². The van der Waals surface area contributed by atoms with Gasteiger partial charge in [0.05, 0.1) is 0 Å². The molecule has 0 N–H and O–H groups in total. The molecule has 0 aromatic carbocycles. The topological polar surface area (TPSA) is 0 Å². The number of allylic oxidation sites excluding steroid dienone is 2. The third-order valence-corrected chi connectivity index (χ3v) is 3.24. The Hall–Kier alpha value is -0.260. The quantitative estimate of drug-likeness (QED) is 0.532. The molecule has 0 aromatic heterocycles. The van der Waals surface area contributed by atoms with Crippen LogP contribution < -0.4 is 0 Å². The minimum atomic E-state index is 0.789. The predicted octanol–water partition coefficient (Wildman–Crippen LogP) is 4.81. The monoisotopic (exact) mass is 194 g/mol. The summed E-state index contributed by atoms with van der Waals surface area (Å²) in [6.07, 6.45) is 9.68. The molecule has 0 heteroatoms. The smallest absolute Gasteiger partial charge is 0.0257 e. The summed E-state index contributed by atoms with van der Waals surface area (Å²) in [6, 6.07) is 0. The van der Waals surface area contributed by atoms with Gasteiger partial charge in [-0.05, 0) is 50.9 Å². The molecule has 0 nitrogen and oxygen atoms in total. The van der Waals surface area contributed by atoms with Crippen molar-refractivity contribution in [1.82, 2.24) is 0 Å². The summed E-state index contributed by atoms with van der Waals surface area (Å²) in [5.74, 6) is 2.89. The van der Waals surface area contributed by atoms with Crippen LogP contribution in [0, 0.1) is 17.8 Å². The van der Waals surface area contributed by atoms with Crippen molar-refractivity contribution in [2.24, 2.45) is 17.8 Å². The average Bonchev–Trinajstić information content (AvgIpc) is 2.83. The molecule has 1 rings (SSSR count). The van der Waals surface area contributed by atoms with Crippen molar-refractivity contribution in [3.8, 4) is 0 Å². The van der Waals surface area contributed by atoms with Crippen LogP contribution in [-0.4, -0.2) is 0 Å². The van der Waals surface area contributed by atoms with E-state index in [0.717, 1.165) is 17.8 Å². The second kappa shape index (κ2) is 5.58. The SMILES string of the molecule is CCCC(CC(C)C=C(C)C)C1CC1. The van der Waals surface area contributed by atoms with Crippen molar-refractivity contribution in [2.75, 3.05) is 0 Å². The van der Waals surface area contributed by atoms with Gasteiger partial charge in [-0.1, -0.05) is 38.3 Å². The third-order valence-electron chi connectivity index (χ3n) is 3.24. The van der Waals surface area contributed by atoms with E-state index in [1.807, 2.05) is 0 Å². The van der Waals surface area contributed by atoms with Gasteiger partial charge in [-0.3, -0.25) is 0 Å². The lowest BCUT2D eigenvalue weighted by Gasteiger charge is -2.18. The van der Waals surface area contributed by atoms with E-state index in [-0.39, 0.29) is 0 Å². The highest BCUT2D eigenvalue weighted by Gasteiger charge is 2.30. The molecule has 0 saturated heterocycles. The Morgan fingerprint density at radius 1 is 1.36 bits per heavy atom. The molecule has 0 heterocycles. The standard InChI is InChI=1S/C14H26/c1-5-6-14(13-7-8-13)10-12(4)9-11(2)3/h9,12-14H,5-8,10H2,1-4H3. The lowest BCUT2D eigenvalue weighted by molar-refractivity contribution is 0.358. The molecule has 1 fully saturated rings. The van der Waals surface area contributed by atoms with Crippen LogP contribution in [0.15, 0.2) is 11.6 Å². The van der Waals surface area contributed by atoms with Gasteiger partial charge in [0.1, 0.15) is 0 Å². The Labute approximate surface area is 89.8 Å². The highest BCUT2D eigenvalue weighted by Crippen LogP contribution is 2.42. The van der Waals surface area contributed by atoms with Crippen LogP contribution in [0.2, 0.25) is 0 Å². The maximum Gasteiger partial charge on any atom is -0.0257 e. The first-order valence-corrected chi connectivity index (χ1v) is 6.28. The molecule has 0 spiro atoms. The molecule has 0 amide bonds. The Balaban J connectivity index is 2.34. The first-order chi connectivity index (χ1) is 6.63. The summed E-state index contributed by atoms with van der Waals surface area (Å²) in [7, 11) is 0. The van der Waals surface area contributed by atoms with Crippen LogP contribution in [-0.2, 0) is 0 Å². The van der Waals surface area contributed by atoms with E-state index in [4.69, 9.17) is 0 Å². The number of hydrogen-bond donors (Lipinski definition) is 0. The lowest BCUT2D eigenvalue weighted by atomic mass is 9.87. The predicted molar refractivity (Wildman–Crippen MR) is 64.3 cm³/mol. The number of rotatable bonds is 6. The average molecular weight is 194 g/mol. The van der Waals surface area contributed by atoms with Gasteiger partial charge in [-0.15, -0.1) is 0 Å². The fraction of sp³-hybridized carbons (Fsp3) is 0.857. The van der Waals surface area contributed by atoms with Gasteiger partial charge in [0.25, 0.3) is 0 Å². The third kappa shape index (κ3) is 4.30. The molecular weight excluding hydrogens is 168 g/mol. The molecule has 82 valence electrons. The first kappa shape index (κ1) is 11.8. The molecule has 1 aliphatic carbocycles. The molecule has 0 bridgehead atoms. The van der Waals surface area contributed by atoms with Crippen molar-refractivity contribution in [3.05, 3.63) is 11.6 Å². The molecule has 1 saturated carbocycles. The summed E-state index contributed by atoms with van der Waals surface area (Å²) < 4.78 is 0. The molecular formula is C14H26. The molecule has 0 radical (unpaired) electrons. The van der Waals surface area contributed by atoms with Crippen LogP contribution >= 0.6 is 0 Å². The molecule has 1 aliphatic rings. The lowest BCUT2D eigenvalue weighted by Crippen LogP contribution is -2.07. The van der Waals surface area contributed by atoms with Crippen molar-refractivity contribution >= 4 is 0 Å². The molecule has 0 aromatic rings. The highest BCUT2D eigenvalue weighted by molar-refractivity contribution is 4.97. The summed E-state index contributed by atoms with van der Waals surface area (Å²) in [5, 5.41) is 0. The van der Waals surface area contributed by atoms with Crippen molar-refractivity contribution in [1.29, 1.82) is 0 Å². The molecule has 14 heavy (non-hydrogen) atoms. The van der Waals surface area contributed by atoms with Crippen molar-refractivity contribution in [2.45, 2.75) is 59.8 Å². The van der Waals surface area contributed by atoms with E-state index in [2.05, 4.69) is 33.8 Å². The Bertz CT molecular complexity index is 182. The zero-order valence-corrected chi connectivity index (χ0v) is 10.3. The zero-order valence-electron chi connectivity index (χ0n) is 10.3. The zero-order chi connectivity index (χ0) is 10.6. The number of hydrogen-bond acceptors (Lipinski definition) is 0. The fourth-order valence-corrected chi connectivity index (χ4v) is 2.60. The maximum atomic E-state index is 2.44. The van der Waals surface area contributed by atoms with Gasteiger partial charge >= 0.3 is 0 Å². The van der Waals surface area contributed by atoms with E-state index in [1.165, 1.54) is 37.7 Å². The van der Waals surface area contributed by atoms with Gasteiger partial charge in [0.15, 0.2) is 0 Å². The van der Waals surface area contributed by atoms with E-state index < -0.39 is 0 Å². The largest absolute Gasteiger partial charge is 0.0830 e. The molecule has 2 unspecified atom stereocenters. The maximum absolute atomic E-state index is 2.44. The van der Waals surface area contributed by atoms with Gasteiger partial charge in [-0.25, -0.2) is 0 Å². The van der Waals surface area contributed by atoms with Crippen LogP contribution in [0.1, 0.15) is 59.8 Å². The van der Waals surface area contributed by atoms with E-state index >= 15 is 0 Å². The normalized spacial score (nSPS) is 20.3. The minimum Gasteiger partial charge on any atom is -0.0830 e. The van der Waals surface area contributed by atoms with E-state index in [9.17, 15) is 0 Å². The van der Waals surface area contributed by atoms with Crippen LogP contribution in [0.3, 0.4) is 0 Å². The highest BCUT2D eigenvalue weighted by atomic mass is 14.4. The molecule has 0 aliphatic heterocycles. The Morgan fingerprint density at radius 2 is 2.00 bits per heavy atom. The second-order valence-electron chi connectivity index (χ2n) is 5.34. The minimum absolute atomic E-state index is 0.789.